The van der Waals surface area contributed by atoms with Crippen LogP contribution >= 0.6 is 0 Å². The second-order valence-electron chi connectivity index (χ2n) is 3.94. The van der Waals surface area contributed by atoms with E-state index in [0.717, 1.165) is 12.1 Å². The minimum absolute atomic E-state index is 0.105. The maximum atomic E-state index is 12.7. The van der Waals surface area contributed by atoms with Gasteiger partial charge in [-0.1, -0.05) is 19.1 Å². The van der Waals surface area contributed by atoms with E-state index in [-0.39, 0.29) is 18.5 Å². The molecule has 2 unspecified atom stereocenters. The fraction of sp³-hybridized carbons (Fsp3) is 0.500. The Kier molecular flexibility index (Phi) is 4.72. The van der Waals surface area contributed by atoms with E-state index in [0.29, 0.717) is 5.92 Å². The van der Waals surface area contributed by atoms with Crippen molar-refractivity contribution in [2.75, 3.05) is 13.2 Å². The van der Waals surface area contributed by atoms with Gasteiger partial charge < -0.3 is 10.4 Å². The van der Waals surface area contributed by atoms with Crippen molar-refractivity contribution < 1.29 is 9.50 Å². The normalized spacial score (nSPS) is 14.9. The highest BCUT2D eigenvalue weighted by Crippen LogP contribution is 2.14. The average molecular weight is 211 g/mol. The summed E-state index contributed by atoms with van der Waals surface area (Å²) in [5, 5.41) is 12.0. The summed E-state index contributed by atoms with van der Waals surface area (Å²) in [6.07, 6.45) is 0. The number of hydrogen-bond acceptors (Lipinski definition) is 2. The first-order valence-corrected chi connectivity index (χ1v) is 5.23. The van der Waals surface area contributed by atoms with Crippen LogP contribution in [0.2, 0.25) is 0 Å². The van der Waals surface area contributed by atoms with Crippen molar-refractivity contribution in [1.29, 1.82) is 0 Å². The molecule has 84 valence electrons. The maximum absolute atomic E-state index is 12.7. The summed E-state index contributed by atoms with van der Waals surface area (Å²) in [5.74, 6) is 0.113. The molecule has 2 N–H and O–H groups in total. The molecule has 15 heavy (non-hydrogen) atoms. The summed E-state index contributed by atoms with van der Waals surface area (Å²) >= 11 is 0. The number of nitrogens with one attached hydrogen (secondary N) is 1. The van der Waals surface area contributed by atoms with Gasteiger partial charge in [-0.2, -0.15) is 0 Å². The Hall–Kier alpha value is -0.930. The lowest BCUT2D eigenvalue weighted by Crippen LogP contribution is -2.32. The smallest absolute Gasteiger partial charge is 0.123 e. The fourth-order valence-corrected chi connectivity index (χ4v) is 1.35. The molecule has 0 amide bonds. The zero-order valence-corrected chi connectivity index (χ0v) is 9.20. The molecular formula is C12H18FNO. The maximum Gasteiger partial charge on any atom is 0.123 e. The number of aliphatic hydroxyl groups is 1. The molecule has 0 fully saturated rings. The van der Waals surface area contributed by atoms with Gasteiger partial charge in [0.05, 0.1) is 6.61 Å². The first-order valence-electron chi connectivity index (χ1n) is 5.23. The van der Waals surface area contributed by atoms with Gasteiger partial charge in [-0.25, -0.2) is 4.39 Å². The summed E-state index contributed by atoms with van der Waals surface area (Å²) in [4.78, 5) is 0. The highest BCUT2D eigenvalue weighted by molar-refractivity contribution is 5.20. The Balaban J connectivity index is 2.46. The molecule has 1 aromatic carbocycles. The molecule has 0 heterocycles. The molecule has 0 radical (unpaired) electrons. The van der Waals surface area contributed by atoms with E-state index < -0.39 is 0 Å². The zero-order chi connectivity index (χ0) is 11.3. The van der Waals surface area contributed by atoms with Crippen LogP contribution in [0.4, 0.5) is 4.39 Å². The summed E-state index contributed by atoms with van der Waals surface area (Å²) in [5.41, 5.74) is 1.11. The third-order valence-corrected chi connectivity index (χ3v) is 2.49. The lowest BCUT2D eigenvalue weighted by molar-refractivity contribution is 0.250. The van der Waals surface area contributed by atoms with Crippen LogP contribution in [0.15, 0.2) is 24.3 Å². The van der Waals surface area contributed by atoms with Crippen LogP contribution in [0.5, 0.6) is 0 Å². The quantitative estimate of drug-likeness (QED) is 0.779. The van der Waals surface area contributed by atoms with Gasteiger partial charge >= 0.3 is 0 Å². The van der Waals surface area contributed by atoms with Crippen molar-refractivity contribution in [2.24, 2.45) is 0 Å². The lowest BCUT2D eigenvalue weighted by atomic mass is 10.0. The van der Waals surface area contributed by atoms with E-state index in [4.69, 9.17) is 5.11 Å². The third kappa shape index (κ3) is 3.98. The van der Waals surface area contributed by atoms with Crippen LogP contribution in [0.25, 0.3) is 0 Å². The van der Waals surface area contributed by atoms with Crippen molar-refractivity contribution in [1.82, 2.24) is 5.32 Å². The summed E-state index contributed by atoms with van der Waals surface area (Å²) in [6.45, 7) is 4.92. The average Bonchev–Trinajstić information content (AvgIpc) is 2.26. The van der Waals surface area contributed by atoms with Crippen molar-refractivity contribution >= 4 is 0 Å². The molecule has 2 nitrogen and oxygen atoms in total. The summed E-state index contributed by atoms with van der Waals surface area (Å²) in [6, 6.07) is 6.65. The third-order valence-electron chi connectivity index (χ3n) is 2.49. The molecule has 0 aliphatic carbocycles. The van der Waals surface area contributed by atoms with Gasteiger partial charge in [-0.15, -0.1) is 0 Å². The second-order valence-corrected chi connectivity index (χ2v) is 3.94. The van der Waals surface area contributed by atoms with Gasteiger partial charge in [-0.05, 0) is 30.5 Å². The first-order chi connectivity index (χ1) is 7.13. The predicted molar refractivity (Wildman–Crippen MR) is 59.4 cm³/mol. The minimum Gasteiger partial charge on any atom is -0.395 e. The van der Waals surface area contributed by atoms with E-state index in [9.17, 15) is 4.39 Å². The molecule has 2 atom stereocenters. The molecule has 0 bridgehead atoms. The highest BCUT2D eigenvalue weighted by Gasteiger charge is 2.07. The lowest BCUT2D eigenvalue weighted by Gasteiger charge is -2.16. The molecule has 1 aromatic rings. The van der Waals surface area contributed by atoms with Gasteiger partial charge in [0, 0.05) is 12.6 Å². The molecule has 0 aliphatic heterocycles. The molecule has 0 aliphatic rings. The van der Waals surface area contributed by atoms with E-state index in [1.807, 2.05) is 6.92 Å². The SMILES string of the molecule is CC(CO)NCC(C)c1ccc(F)cc1. The number of aliphatic hydroxyl groups excluding tert-OH is 1. The Morgan fingerprint density at radius 2 is 1.87 bits per heavy atom. The van der Waals surface area contributed by atoms with Crippen LogP contribution in [0.3, 0.4) is 0 Å². The predicted octanol–water partition coefficient (Wildman–Crippen LogP) is 1.90. The van der Waals surface area contributed by atoms with Crippen molar-refractivity contribution in [3.8, 4) is 0 Å². The number of hydrogen-bond donors (Lipinski definition) is 2. The van der Waals surface area contributed by atoms with E-state index in [1.165, 1.54) is 12.1 Å². The van der Waals surface area contributed by atoms with Crippen molar-refractivity contribution in [2.45, 2.75) is 25.8 Å². The van der Waals surface area contributed by atoms with E-state index in [1.54, 1.807) is 12.1 Å². The number of benzene rings is 1. The van der Waals surface area contributed by atoms with Gasteiger partial charge in [0.25, 0.3) is 0 Å². The summed E-state index contributed by atoms with van der Waals surface area (Å²) < 4.78 is 12.7. The monoisotopic (exact) mass is 211 g/mol. The number of rotatable bonds is 5. The van der Waals surface area contributed by atoms with Gasteiger partial charge in [0.2, 0.25) is 0 Å². The van der Waals surface area contributed by atoms with Gasteiger partial charge in [0.15, 0.2) is 0 Å². The highest BCUT2D eigenvalue weighted by atomic mass is 19.1. The Labute approximate surface area is 90.1 Å². The van der Waals surface area contributed by atoms with E-state index in [2.05, 4.69) is 12.2 Å². The Bertz CT molecular complexity index is 286. The van der Waals surface area contributed by atoms with Crippen LogP contribution in [0.1, 0.15) is 25.3 Å². The van der Waals surface area contributed by atoms with Crippen LogP contribution < -0.4 is 5.32 Å². The minimum atomic E-state index is -0.206. The molecule has 0 spiro atoms. The fourth-order valence-electron chi connectivity index (χ4n) is 1.35. The molecule has 0 saturated carbocycles. The molecule has 0 saturated heterocycles. The van der Waals surface area contributed by atoms with Crippen LogP contribution in [-0.2, 0) is 0 Å². The largest absolute Gasteiger partial charge is 0.395 e. The molecule has 1 rings (SSSR count). The summed E-state index contributed by atoms with van der Waals surface area (Å²) in [7, 11) is 0. The van der Waals surface area contributed by atoms with Gasteiger partial charge in [-0.3, -0.25) is 0 Å². The molecular weight excluding hydrogens is 193 g/mol. The topological polar surface area (TPSA) is 32.3 Å². The van der Waals surface area contributed by atoms with Crippen molar-refractivity contribution in [3.63, 3.8) is 0 Å². The van der Waals surface area contributed by atoms with Gasteiger partial charge in [0.1, 0.15) is 5.82 Å². The van der Waals surface area contributed by atoms with Crippen LogP contribution in [-0.4, -0.2) is 24.3 Å². The molecule has 3 heteroatoms. The number of halogens is 1. The standard InChI is InChI=1S/C12H18FNO/c1-9(7-14-10(2)8-15)11-3-5-12(13)6-4-11/h3-6,9-10,14-15H,7-8H2,1-2H3. The first kappa shape index (κ1) is 12.1. The Morgan fingerprint density at radius 1 is 1.27 bits per heavy atom. The second kappa shape index (κ2) is 5.83. The zero-order valence-electron chi connectivity index (χ0n) is 9.20. The Morgan fingerprint density at radius 3 is 2.40 bits per heavy atom. The van der Waals surface area contributed by atoms with Crippen molar-refractivity contribution in [3.05, 3.63) is 35.6 Å². The van der Waals surface area contributed by atoms with Crippen LogP contribution in [0, 0.1) is 5.82 Å². The van der Waals surface area contributed by atoms with E-state index >= 15 is 0 Å². The molecule has 0 aromatic heterocycles.